The molecule has 2 amide bonds. The molecule has 0 aromatic carbocycles. The fraction of sp³-hybridized carbons (Fsp3) is 0.895. The number of amides is 2. The molecule has 1 saturated heterocycles. The summed E-state index contributed by atoms with van der Waals surface area (Å²) in [7, 11) is 1.94. The highest BCUT2D eigenvalue weighted by molar-refractivity contribution is 5.82. The quantitative estimate of drug-likeness (QED) is 0.828. The Morgan fingerprint density at radius 1 is 1.08 bits per heavy atom. The molecule has 0 aromatic rings. The third-order valence-corrected chi connectivity index (χ3v) is 5.76. The largest absolute Gasteiger partial charge is 0.342 e. The SMILES string of the molecule is CN(C(=O)CN1CCN(C(=O)[C@@H](N)C(C)(C)C)CC1)C1CCCCC1. The van der Waals surface area contributed by atoms with Gasteiger partial charge in [0.05, 0.1) is 12.6 Å². The van der Waals surface area contributed by atoms with Crippen LogP contribution >= 0.6 is 0 Å². The summed E-state index contributed by atoms with van der Waals surface area (Å²) < 4.78 is 0. The number of hydrogen-bond donors (Lipinski definition) is 1. The first-order valence-corrected chi connectivity index (χ1v) is 9.72. The maximum absolute atomic E-state index is 12.5. The average Bonchev–Trinajstić information content (AvgIpc) is 2.60. The Hall–Kier alpha value is -1.14. The summed E-state index contributed by atoms with van der Waals surface area (Å²) in [5.41, 5.74) is 5.87. The summed E-state index contributed by atoms with van der Waals surface area (Å²) in [6.45, 7) is 9.23. The minimum atomic E-state index is -0.474. The number of likely N-dealkylation sites (N-methyl/N-ethyl adjacent to an activating group) is 1. The third kappa shape index (κ3) is 5.42. The van der Waals surface area contributed by atoms with Gasteiger partial charge in [-0.3, -0.25) is 14.5 Å². The second-order valence-electron chi connectivity index (χ2n) is 8.74. The summed E-state index contributed by atoms with van der Waals surface area (Å²) in [5, 5.41) is 0. The number of rotatable bonds is 4. The molecule has 1 saturated carbocycles. The van der Waals surface area contributed by atoms with E-state index in [4.69, 9.17) is 5.73 Å². The van der Waals surface area contributed by atoms with Crippen molar-refractivity contribution in [3.63, 3.8) is 0 Å². The molecule has 1 aliphatic heterocycles. The Morgan fingerprint density at radius 3 is 2.16 bits per heavy atom. The molecule has 0 spiro atoms. The van der Waals surface area contributed by atoms with Crippen LogP contribution in [0.4, 0.5) is 0 Å². The van der Waals surface area contributed by atoms with E-state index in [2.05, 4.69) is 4.90 Å². The molecule has 6 nitrogen and oxygen atoms in total. The van der Waals surface area contributed by atoms with E-state index in [1.54, 1.807) is 0 Å². The van der Waals surface area contributed by atoms with Gasteiger partial charge in [-0.1, -0.05) is 40.0 Å². The van der Waals surface area contributed by atoms with E-state index in [0.717, 1.165) is 25.9 Å². The molecular weight excluding hydrogens is 316 g/mol. The van der Waals surface area contributed by atoms with E-state index in [0.29, 0.717) is 25.7 Å². The van der Waals surface area contributed by atoms with E-state index in [1.807, 2.05) is 37.6 Å². The zero-order chi connectivity index (χ0) is 18.6. The van der Waals surface area contributed by atoms with Gasteiger partial charge in [0.25, 0.3) is 0 Å². The molecule has 0 bridgehead atoms. The van der Waals surface area contributed by atoms with Crippen LogP contribution in [-0.2, 0) is 9.59 Å². The maximum Gasteiger partial charge on any atom is 0.240 e. The van der Waals surface area contributed by atoms with Crippen molar-refractivity contribution in [2.24, 2.45) is 11.1 Å². The van der Waals surface area contributed by atoms with Gasteiger partial charge < -0.3 is 15.5 Å². The lowest BCUT2D eigenvalue weighted by Crippen LogP contribution is -2.57. The number of carbonyl (C=O) groups is 2. The van der Waals surface area contributed by atoms with Gasteiger partial charge in [-0.15, -0.1) is 0 Å². The van der Waals surface area contributed by atoms with Gasteiger partial charge >= 0.3 is 0 Å². The van der Waals surface area contributed by atoms with Gasteiger partial charge in [-0.25, -0.2) is 0 Å². The number of piperazine rings is 1. The van der Waals surface area contributed by atoms with Crippen molar-refractivity contribution in [1.82, 2.24) is 14.7 Å². The maximum atomic E-state index is 12.5. The number of hydrogen-bond acceptors (Lipinski definition) is 4. The number of nitrogens with two attached hydrogens (primary N) is 1. The fourth-order valence-corrected chi connectivity index (χ4v) is 3.67. The Bertz CT molecular complexity index is 461. The van der Waals surface area contributed by atoms with Crippen LogP contribution in [-0.4, -0.2) is 78.4 Å². The molecule has 2 rings (SSSR count). The molecule has 6 heteroatoms. The molecule has 0 aromatic heterocycles. The molecule has 1 heterocycles. The van der Waals surface area contributed by atoms with Crippen molar-refractivity contribution in [3.8, 4) is 0 Å². The zero-order valence-electron chi connectivity index (χ0n) is 16.5. The van der Waals surface area contributed by atoms with Gasteiger partial charge in [-0.2, -0.15) is 0 Å². The number of carbonyl (C=O) groups excluding carboxylic acids is 2. The Morgan fingerprint density at radius 2 is 1.64 bits per heavy atom. The van der Waals surface area contributed by atoms with Crippen LogP contribution in [0.1, 0.15) is 52.9 Å². The van der Waals surface area contributed by atoms with Gasteiger partial charge in [0.15, 0.2) is 0 Å². The normalized spacial score (nSPS) is 21.9. The third-order valence-electron chi connectivity index (χ3n) is 5.76. The van der Waals surface area contributed by atoms with E-state index < -0.39 is 6.04 Å². The molecular formula is C19H36N4O2. The molecule has 1 atom stereocenters. The summed E-state index contributed by atoms with van der Waals surface area (Å²) in [4.78, 5) is 31.0. The predicted octanol–water partition coefficient (Wildman–Crippen LogP) is 1.30. The predicted molar refractivity (Wildman–Crippen MR) is 100 cm³/mol. The first-order valence-electron chi connectivity index (χ1n) is 9.72. The summed E-state index contributed by atoms with van der Waals surface area (Å²) in [6, 6.07) is -0.0629. The van der Waals surface area contributed by atoms with Crippen LogP contribution in [0, 0.1) is 5.41 Å². The first-order chi connectivity index (χ1) is 11.7. The highest BCUT2D eigenvalue weighted by atomic mass is 16.2. The molecule has 2 fully saturated rings. The van der Waals surface area contributed by atoms with Crippen LogP contribution in [0.25, 0.3) is 0 Å². The van der Waals surface area contributed by atoms with Crippen LogP contribution in [0.5, 0.6) is 0 Å². The topological polar surface area (TPSA) is 69.9 Å². The van der Waals surface area contributed by atoms with Crippen LogP contribution in [0.3, 0.4) is 0 Å². The first kappa shape index (κ1) is 20.2. The van der Waals surface area contributed by atoms with Gasteiger partial charge in [0.2, 0.25) is 11.8 Å². The molecule has 2 aliphatic rings. The van der Waals surface area contributed by atoms with Crippen LogP contribution < -0.4 is 5.73 Å². The van der Waals surface area contributed by atoms with Gasteiger partial charge in [0, 0.05) is 39.3 Å². The molecule has 1 aliphatic carbocycles. The van der Waals surface area contributed by atoms with Crippen LogP contribution in [0.15, 0.2) is 0 Å². The molecule has 25 heavy (non-hydrogen) atoms. The molecule has 0 radical (unpaired) electrons. The van der Waals surface area contributed by atoms with Crippen molar-refractivity contribution in [2.45, 2.75) is 65.0 Å². The zero-order valence-corrected chi connectivity index (χ0v) is 16.5. The minimum Gasteiger partial charge on any atom is -0.342 e. The summed E-state index contributed by atoms with van der Waals surface area (Å²) in [5.74, 6) is 0.232. The molecule has 0 unspecified atom stereocenters. The van der Waals surface area contributed by atoms with Crippen molar-refractivity contribution < 1.29 is 9.59 Å². The molecule has 144 valence electrons. The minimum absolute atomic E-state index is 0.0257. The lowest BCUT2D eigenvalue weighted by molar-refractivity contribution is -0.138. The van der Waals surface area contributed by atoms with Crippen LogP contribution in [0.2, 0.25) is 0 Å². The average molecular weight is 353 g/mol. The highest BCUT2D eigenvalue weighted by Crippen LogP contribution is 2.22. The second-order valence-corrected chi connectivity index (χ2v) is 8.74. The summed E-state index contributed by atoms with van der Waals surface area (Å²) in [6.07, 6.45) is 6.03. The second kappa shape index (κ2) is 8.49. The van der Waals surface area contributed by atoms with Crippen molar-refractivity contribution >= 4 is 11.8 Å². The van der Waals surface area contributed by atoms with Crippen molar-refractivity contribution in [3.05, 3.63) is 0 Å². The summed E-state index contributed by atoms with van der Waals surface area (Å²) >= 11 is 0. The highest BCUT2D eigenvalue weighted by Gasteiger charge is 2.33. The molecule has 2 N–H and O–H groups in total. The van der Waals surface area contributed by atoms with Crippen molar-refractivity contribution in [2.75, 3.05) is 39.8 Å². The Labute approximate surface area is 152 Å². The fourth-order valence-electron chi connectivity index (χ4n) is 3.67. The van der Waals surface area contributed by atoms with Crippen molar-refractivity contribution in [1.29, 1.82) is 0 Å². The lowest BCUT2D eigenvalue weighted by Gasteiger charge is -2.39. The van der Waals surface area contributed by atoms with E-state index in [1.165, 1.54) is 19.3 Å². The smallest absolute Gasteiger partial charge is 0.240 e. The monoisotopic (exact) mass is 352 g/mol. The van der Waals surface area contributed by atoms with E-state index in [9.17, 15) is 9.59 Å². The van der Waals surface area contributed by atoms with E-state index >= 15 is 0 Å². The number of nitrogens with zero attached hydrogens (tertiary/aromatic N) is 3. The van der Waals surface area contributed by atoms with Gasteiger partial charge in [-0.05, 0) is 18.3 Å². The Balaban J connectivity index is 1.78. The van der Waals surface area contributed by atoms with E-state index in [-0.39, 0.29) is 17.2 Å². The lowest BCUT2D eigenvalue weighted by atomic mass is 9.86. The van der Waals surface area contributed by atoms with Gasteiger partial charge in [0.1, 0.15) is 0 Å². The standard InChI is InChI=1S/C19H36N4O2/c1-19(2,3)17(20)18(25)23-12-10-22(11-13-23)14-16(24)21(4)15-8-6-5-7-9-15/h15,17H,5-14,20H2,1-4H3/t17-/m1/s1. The Kier molecular flexibility index (Phi) is 6.86.